The highest BCUT2D eigenvalue weighted by Crippen LogP contribution is 2.19. The first-order valence-electron chi connectivity index (χ1n) is 9.15. The molecule has 0 aliphatic carbocycles. The number of ketones is 1. The van der Waals surface area contributed by atoms with Gasteiger partial charge in [0.05, 0.1) is 6.04 Å². The number of nitrogens with zero attached hydrogens (tertiary/aromatic N) is 1. The molecule has 1 amide bonds. The number of nitrogens with one attached hydrogen (secondary N) is 2. The Morgan fingerprint density at radius 2 is 1.67 bits per heavy atom. The average molecular weight is 427 g/mol. The van der Waals surface area contributed by atoms with Gasteiger partial charge in [-0.25, -0.2) is 8.42 Å². The number of carbonyl (C=O) groups is 2. The van der Waals surface area contributed by atoms with Gasteiger partial charge in [-0.1, -0.05) is 47.6 Å². The number of sulfonamides is 1. The van der Waals surface area contributed by atoms with Gasteiger partial charge in [-0.2, -0.15) is 4.72 Å². The van der Waals surface area contributed by atoms with Crippen molar-refractivity contribution in [3.8, 4) is 0 Å². The number of aromatic nitrogens is 1. The van der Waals surface area contributed by atoms with Crippen LogP contribution in [-0.2, 0) is 14.8 Å². The summed E-state index contributed by atoms with van der Waals surface area (Å²) in [5, 5.41) is 6.26. The van der Waals surface area contributed by atoms with Crippen LogP contribution in [0.3, 0.4) is 0 Å². The number of aryl methyl sites for hydroxylation is 2. The van der Waals surface area contributed by atoms with Gasteiger partial charge in [0, 0.05) is 16.8 Å². The second kappa shape index (κ2) is 8.60. The lowest BCUT2D eigenvalue weighted by Gasteiger charge is -2.14. The molecule has 0 unspecified atom stereocenters. The molecule has 0 radical (unpaired) electrons. The summed E-state index contributed by atoms with van der Waals surface area (Å²) in [6.07, 6.45) is 0. The molecule has 1 atom stereocenters. The molecule has 0 bridgehead atoms. The zero-order valence-corrected chi connectivity index (χ0v) is 17.5. The van der Waals surface area contributed by atoms with Gasteiger partial charge in [0.2, 0.25) is 15.9 Å². The standard InChI is InChI=1S/C21H21N3O5S/c1-13-20(15(3)29-23-13)30(27,28)24-14(2)21(26)22-18-11-7-10-17(12-18)19(25)16-8-5-4-6-9-16/h4-12,14,24H,1-3H3,(H,22,26)/t14-/m0/s1. The normalized spacial score (nSPS) is 12.4. The van der Waals surface area contributed by atoms with Gasteiger partial charge in [0.15, 0.2) is 11.5 Å². The lowest BCUT2D eigenvalue weighted by Crippen LogP contribution is -2.41. The Balaban J connectivity index is 1.72. The highest BCUT2D eigenvalue weighted by atomic mass is 32.2. The van der Waals surface area contributed by atoms with Gasteiger partial charge in [0.1, 0.15) is 10.6 Å². The summed E-state index contributed by atoms with van der Waals surface area (Å²) in [5.74, 6) is -0.617. The summed E-state index contributed by atoms with van der Waals surface area (Å²) >= 11 is 0. The van der Waals surface area contributed by atoms with Crippen LogP contribution < -0.4 is 10.0 Å². The van der Waals surface area contributed by atoms with E-state index < -0.39 is 22.0 Å². The van der Waals surface area contributed by atoms with Gasteiger partial charge in [-0.15, -0.1) is 0 Å². The van der Waals surface area contributed by atoms with Crippen molar-refractivity contribution >= 4 is 27.4 Å². The summed E-state index contributed by atoms with van der Waals surface area (Å²) in [7, 11) is -3.99. The minimum Gasteiger partial charge on any atom is -0.360 e. The first-order valence-corrected chi connectivity index (χ1v) is 10.6. The molecule has 30 heavy (non-hydrogen) atoms. The highest BCUT2D eigenvalue weighted by Gasteiger charge is 2.28. The molecule has 1 heterocycles. The van der Waals surface area contributed by atoms with Crippen molar-refractivity contribution in [3.63, 3.8) is 0 Å². The third kappa shape index (κ3) is 4.64. The van der Waals surface area contributed by atoms with Crippen LogP contribution in [0.2, 0.25) is 0 Å². The predicted molar refractivity (Wildman–Crippen MR) is 111 cm³/mol. The van der Waals surface area contributed by atoms with E-state index in [1.165, 1.54) is 20.8 Å². The first-order chi connectivity index (χ1) is 14.2. The Labute approximate surface area is 174 Å². The lowest BCUT2D eigenvalue weighted by atomic mass is 10.0. The Morgan fingerprint density at radius 1 is 1.00 bits per heavy atom. The monoisotopic (exact) mass is 427 g/mol. The van der Waals surface area contributed by atoms with E-state index in [1.54, 1.807) is 48.5 Å². The van der Waals surface area contributed by atoms with Crippen LogP contribution in [0.5, 0.6) is 0 Å². The SMILES string of the molecule is Cc1noc(C)c1S(=O)(=O)N[C@@H](C)C(=O)Nc1cccc(C(=O)c2ccccc2)c1. The molecule has 0 spiro atoms. The smallest absolute Gasteiger partial charge is 0.246 e. The predicted octanol–water partition coefficient (Wildman–Crippen LogP) is 2.83. The van der Waals surface area contributed by atoms with Crippen LogP contribution in [0.25, 0.3) is 0 Å². The van der Waals surface area contributed by atoms with Crippen molar-refractivity contribution in [2.45, 2.75) is 31.7 Å². The molecule has 0 saturated heterocycles. The van der Waals surface area contributed by atoms with E-state index in [-0.39, 0.29) is 22.1 Å². The third-order valence-corrected chi connectivity index (χ3v) is 6.17. The van der Waals surface area contributed by atoms with Crippen molar-refractivity contribution in [1.82, 2.24) is 9.88 Å². The lowest BCUT2D eigenvalue weighted by molar-refractivity contribution is -0.117. The molecule has 156 valence electrons. The van der Waals surface area contributed by atoms with Crippen molar-refractivity contribution in [2.75, 3.05) is 5.32 Å². The molecule has 0 fully saturated rings. The van der Waals surface area contributed by atoms with Crippen LogP contribution in [0, 0.1) is 13.8 Å². The Hall–Kier alpha value is -3.30. The first kappa shape index (κ1) is 21.4. The maximum absolute atomic E-state index is 12.6. The van der Waals surface area contributed by atoms with Gasteiger partial charge < -0.3 is 9.84 Å². The molecule has 0 saturated carbocycles. The third-order valence-electron chi connectivity index (χ3n) is 4.39. The zero-order chi connectivity index (χ0) is 21.9. The molecule has 2 N–H and O–H groups in total. The Morgan fingerprint density at radius 3 is 2.30 bits per heavy atom. The van der Waals surface area contributed by atoms with E-state index in [0.29, 0.717) is 16.8 Å². The van der Waals surface area contributed by atoms with Crippen molar-refractivity contribution in [3.05, 3.63) is 77.2 Å². The second-order valence-corrected chi connectivity index (χ2v) is 8.41. The molecular weight excluding hydrogens is 406 g/mol. The maximum Gasteiger partial charge on any atom is 0.246 e. The summed E-state index contributed by atoms with van der Waals surface area (Å²) in [5.41, 5.74) is 1.52. The van der Waals surface area contributed by atoms with E-state index in [1.807, 2.05) is 6.07 Å². The number of amides is 1. The number of carbonyl (C=O) groups excluding carboxylic acids is 2. The number of hydrogen-bond donors (Lipinski definition) is 2. The Kier molecular flexibility index (Phi) is 6.14. The van der Waals surface area contributed by atoms with Gasteiger partial charge in [-0.3, -0.25) is 9.59 Å². The van der Waals surface area contributed by atoms with Crippen molar-refractivity contribution < 1.29 is 22.5 Å². The molecular formula is C21H21N3O5S. The van der Waals surface area contributed by atoms with Crippen LogP contribution in [0.1, 0.15) is 34.3 Å². The van der Waals surface area contributed by atoms with E-state index in [2.05, 4.69) is 15.2 Å². The zero-order valence-electron chi connectivity index (χ0n) is 16.7. The second-order valence-electron chi connectivity index (χ2n) is 6.76. The van der Waals surface area contributed by atoms with E-state index >= 15 is 0 Å². The number of benzene rings is 2. The summed E-state index contributed by atoms with van der Waals surface area (Å²) < 4.78 is 32.3. The van der Waals surface area contributed by atoms with Crippen LogP contribution in [-0.4, -0.2) is 31.3 Å². The molecule has 8 nitrogen and oxygen atoms in total. The largest absolute Gasteiger partial charge is 0.360 e. The van der Waals surface area contributed by atoms with Crippen LogP contribution >= 0.6 is 0 Å². The molecule has 0 aliphatic heterocycles. The minimum atomic E-state index is -3.99. The molecule has 3 rings (SSSR count). The van der Waals surface area contributed by atoms with E-state index in [9.17, 15) is 18.0 Å². The molecule has 1 aromatic heterocycles. The topological polar surface area (TPSA) is 118 Å². The fourth-order valence-corrected chi connectivity index (χ4v) is 4.48. The quantitative estimate of drug-likeness (QED) is 0.560. The minimum absolute atomic E-state index is 0.0856. The fraction of sp³-hybridized carbons (Fsp3) is 0.190. The van der Waals surface area contributed by atoms with Crippen molar-refractivity contribution in [1.29, 1.82) is 0 Å². The van der Waals surface area contributed by atoms with Gasteiger partial charge in [-0.05, 0) is 32.9 Å². The van der Waals surface area contributed by atoms with E-state index in [0.717, 1.165) is 0 Å². The van der Waals surface area contributed by atoms with Crippen LogP contribution in [0.15, 0.2) is 64.0 Å². The van der Waals surface area contributed by atoms with Gasteiger partial charge in [0.25, 0.3) is 0 Å². The summed E-state index contributed by atoms with van der Waals surface area (Å²) in [6, 6.07) is 14.2. The summed E-state index contributed by atoms with van der Waals surface area (Å²) in [4.78, 5) is 25.0. The number of hydrogen-bond acceptors (Lipinski definition) is 6. The van der Waals surface area contributed by atoms with Crippen LogP contribution in [0.4, 0.5) is 5.69 Å². The Bertz CT molecular complexity index is 1170. The summed E-state index contributed by atoms with van der Waals surface area (Å²) in [6.45, 7) is 4.41. The molecule has 3 aromatic rings. The van der Waals surface area contributed by atoms with Gasteiger partial charge >= 0.3 is 0 Å². The maximum atomic E-state index is 12.6. The molecule has 0 aliphatic rings. The fourth-order valence-electron chi connectivity index (χ4n) is 2.95. The number of anilines is 1. The number of rotatable bonds is 7. The molecule has 9 heteroatoms. The van der Waals surface area contributed by atoms with Crippen molar-refractivity contribution in [2.24, 2.45) is 0 Å². The van der Waals surface area contributed by atoms with E-state index in [4.69, 9.17) is 4.52 Å². The average Bonchev–Trinajstić information content (AvgIpc) is 3.07. The highest BCUT2D eigenvalue weighted by molar-refractivity contribution is 7.89. The molecule has 2 aromatic carbocycles.